The van der Waals surface area contributed by atoms with Crippen molar-refractivity contribution < 1.29 is 33.8 Å². The minimum Gasteiger partial charge on any atom is -0.477 e. The third-order valence-electron chi connectivity index (χ3n) is 5.11. The Kier molecular flexibility index (Phi) is 8.24. The van der Waals surface area contributed by atoms with E-state index in [1.54, 1.807) is 12.1 Å². The summed E-state index contributed by atoms with van der Waals surface area (Å²) >= 11 is 3.49. The zero-order valence-electron chi connectivity index (χ0n) is 18.1. The lowest BCUT2D eigenvalue weighted by Gasteiger charge is -2.55. The number of nitrogens with one attached hydrogen (secondary N) is 1. The van der Waals surface area contributed by atoms with Crippen LogP contribution in [0.2, 0.25) is 0 Å². The molecule has 2 aliphatic heterocycles. The van der Waals surface area contributed by atoms with Gasteiger partial charge in [-0.15, -0.1) is 23.1 Å². The standard InChI is InChI=1S/C21H24N2O7S3/c1-3-4-7-30-20(29)21(22-15(25)9-14-6-5-8-31-14)18(28)23-16(17(26)27)13(10-32-12(2)24)11-33-19(21)23/h5-6,8,19H,3-4,7,9-11H2,1-2H3,(H,22,25)(H,26,27)/t19-,21?/m1/s1. The van der Waals surface area contributed by atoms with E-state index >= 15 is 0 Å². The molecule has 2 aliphatic rings. The number of carboxylic acid groups (broad SMARTS) is 1. The summed E-state index contributed by atoms with van der Waals surface area (Å²) < 4.78 is 5.32. The highest BCUT2D eigenvalue weighted by molar-refractivity contribution is 8.13. The van der Waals surface area contributed by atoms with E-state index in [4.69, 9.17) is 4.74 Å². The fraction of sp³-hybridized carbons (Fsp3) is 0.476. The number of carbonyl (C=O) groups is 5. The number of hydrogen-bond donors (Lipinski definition) is 2. The summed E-state index contributed by atoms with van der Waals surface area (Å²) in [5.74, 6) is -3.27. The van der Waals surface area contributed by atoms with Gasteiger partial charge in [-0.05, 0) is 23.4 Å². The molecule has 0 aliphatic carbocycles. The quantitative estimate of drug-likeness (QED) is 0.209. The summed E-state index contributed by atoms with van der Waals surface area (Å²) in [5, 5.41) is 13.0. The number of carbonyl (C=O) groups excluding carboxylic acids is 4. The van der Waals surface area contributed by atoms with E-state index in [-0.39, 0.29) is 35.3 Å². The summed E-state index contributed by atoms with van der Waals surface area (Å²) in [6.07, 6.45) is 1.34. The summed E-state index contributed by atoms with van der Waals surface area (Å²) in [5.41, 5.74) is -1.83. The smallest absolute Gasteiger partial charge is 0.352 e. The molecule has 2 atom stereocenters. The molecule has 1 unspecified atom stereocenters. The van der Waals surface area contributed by atoms with Crippen LogP contribution in [0.25, 0.3) is 0 Å². The number of carboxylic acids is 1. The highest BCUT2D eigenvalue weighted by Crippen LogP contribution is 2.47. The lowest BCUT2D eigenvalue weighted by molar-refractivity contribution is -0.176. The number of nitrogens with zero attached hydrogens (tertiary/aromatic N) is 1. The van der Waals surface area contributed by atoms with Gasteiger partial charge in [0.25, 0.3) is 5.91 Å². The molecule has 0 bridgehead atoms. The monoisotopic (exact) mass is 512 g/mol. The predicted octanol–water partition coefficient (Wildman–Crippen LogP) is 2.02. The fourth-order valence-corrected chi connectivity index (χ4v) is 6.44. The summed E-state index contributed by atoms with van der Waals surface area (Å²) in [6, 6.07) is 3.56. The van der Waals surface area contributed by atoms with Crippen LogP contribution in [-0.2, 0) is 35.1 Å². The molecule has 12 heteroatoms. The first-order chi connectivity index (χ1) is 15.7. The molecule has 9 nitrogen and oxygen atoms in total. The maximum absolute atomic E-state index is 13.4. The maximum Gasteiger partial charge on any atom is 0.352 e. The zero-order chi connectivity index (χ0) is 24.2. The highest BCUT2D eigenvalue weighted by atomic mass is 32.2. The average Bonchev–Trinajstić information content (AvgIpc) is 3.27. The van der Waals surface area contributed by atoms with Crippen LogP contribution in [0.15, 0.2) is 28.8 Å². The number of thioether (sulfide) groups is 2. The summed E-state index contributed by atoms with van der Waals surface area (Å²) in [7, 11) is 0. The van der Waals surface area contributed by atoms with Crippen molar-refractivity contribution in [3.63, 3.8) is 0 Å². The van der Waals surface area contributed by atoms with Crippen LogP contribution >= 0.6 is 34.9 Å². The van der Waals surface area contributed by atoms with Crippen molar-refractivity contribution in [1.29, 1.82) is 0 Å². The second-order valence-electron chi connectivity index (χ2n) is 7.48. The largest absolute Gasteiger partial charge is 0.477 e. The van der Waals surface area contributed by atoms with Gasteiger partial charge in [-0.1, -0.05) is 31.2 Å². The predicted molar refractivity (Wildman–Crippen MR) is 126 cm³/mol. The van der Waals surface area contributed by atoms with Gasteiger partial charge in [0.2, 0.25) is 11.4 Å². The van der Waals surface area contributed by atoms with Gasteiger partial charge in [0.1, 0.15) is 11.1 Å². The second kappa shape index (κ2) is 10.7. The Labute approximate surface area is 203 Å². The van der Waals surface area contributed by atoms with Crippen molar-refractivity contribution in [2.75, 3.05) is 18.1 Å². The van der Waals surface area contributed by atoms with E-state index < -0.39 is 34.7 Å². The molecule has 2 N–H and O–H groups in total. The third-order valence-corrected chi connectivity index (χ3v) is 8.28. The number of thiophene rings is 1. The molecule has 0 aromatic carbocycles. The lowest BCUT2D eigenvalue weighted by Crippen LogP contribution is -2.83. The zero-order valence-corrected chi connectivity index (χ0v) is 20.6. The van der Waals surface area contributed by atoms with E-state index in [2.05, 4.69) is 5.32 Å². The molecule has 3 heterocycles. The van der Waals surface area contributed by atoms with Crippen LogP contribution < -0.4 is 5.32 Å². The Morgan fingerprint density at radius 1 is 1.36 bits per heavy atom. The second-order valence-corrected chi connectivity index (χ2v) is 10.7. The molecule has 0 spiro atoms. The van der Waals surface area contributed by atoms with Crippen molar-refractivity contribution in [3.05, 3.63) is 33.7 Å². The van der Waals surface area contributed by atoms with Crippen LogP contribution in [0.4, 0.5) is 0 Å². The Balaban J connectivity index is 1.90. The van der Waals surface area contributed by atoms with Gasteiger partial charge >= 0.3 is 11.9 Å². The Bertz CT molecular complexity index is 992. The number of amides is 2. The molecule has 3 rings (SSSR count). The Morgan fingerprint density at radius 2 is 2.12 bits per heavy atom. The molecular weight excluding hydrogens is 488 g/mol. The number of ether oxygens (including phenoxy) is 1. The number of unbranched alkanes of at least 4 members (excludes halogenated alkanes) is 1. The van der Waals surface area contributed by atoms with Gasteiger partial charge < -0.3 is 15.2 Å². The van der Waals surface area contributed by atoms with Crippen LogP contribution in [0.1, 0.15) is 31.6 Å². The van der Waals surface area contributed by atoms with E-state index in [0.29, 0.717) is 12.0 Å². The molecular formula is C21H24N2O7S3. The topological polar surface area (TPSA) is 130 Å². The summed E-state index contributed by atoms with van der Waals surface area (Å²) in [4.78, 5) is 64.4. The first-order valence-corrected chi connectivity index (χ1v) is 13.2. The molecule has 1 aromatic heterocycles. The molecule has 0 saturated carbocycles. The summed E-state index contributed by atoms with van der Waals surface area (Å²) in [6.45, 7) is 3.38. The van der Waals surface area contributed by atoms with Crippen molar-refractivity contribution in [1.82, 2.24) is 10.2 Å². The van der Waals surface area contributed by atoms with Crippen molar-refractivity contribution in [2.45, 2.75) is 44.0 Å². The molecule has 33 heavy (non-hydrogen) atoms. The van der Waals surface area contributed by atoms with Gasteiger partial charge in [-0.3, -0.25) is 19.3 Å². The van der Waals surface area contributed by atoms with Crippen LogP contribution in [0, 0.1) is 0 Å². The van der Waals surface area contributed by atoms with Crippen LogP contribution in [0.3, 0.4) is 0 Å². The fourth-order valence-electron chi connectivity index (χ4n) is 3.53. The Morgan fingerprint density at radius 3 is 2.73 bits per heavy atom. The molecule has 2 amide bonds. The van der Waals surface area contributed by atoms with Crippen LogP contribution in [0.5, 0.6) is 0 Å². The average molecular weight is 513 g/mol. The number of rotatable bonds is 10. The first-order valence-electron chi connectivity index (χ1n) is 10.3. The minimum atomic E-state index is -1.99. The number of fused-ring (bicyclic) bond motifs is 1. The number of β-lactam (4-membered cyclic amide) rings is 1. The number of aliphatic carboxylic acids is 1. The van der Waals surface area contributed by atoms with E-state index in [1.165, 1.54) is 30.0 Å². The first kappa shape index (κ1) is 25.3. The molecule has 178 valence electrons. The van der Waals surface area contributed by atoms with E-state index in [9.17, 15) is 29.1 Å². The highest BCUT2D eigenvalue weighted by Gasteiger charge is 2.70. The Hall–Kier alpha value is -2.31. The van der Waals surface area contributed by atoms with Gasteiger partial charge in [0.15, 0.2) is 5.12 Å². The molecule has 1 fully saturated rings. The lowest BCUT2D eigenvalue weighted by atomic mass is 9.85. The maximum atomic E-state index is 13.4. The molecule has 1 aromatic rings. The number of hydrogen-bond acceptors (Lipinski definition) is 9. The van der Waals surface area contributed by atoms with E-state index in [1.807, 2.05) is 12.3 Å². The van der Waals surface area contributed by atoms with Gasteiger partial charge in [0, 0.05) is 23.3 Å². The van der Waals surface area contributed by atoms with Gasteiger partial charge in [0.05, 0.1) is 13.0 Å². The van der Waals surface area contributed by atoms with E-state index in [0.717, 1.165) is 28.0 Å². The molecule has 1 saturated heterocycles. The minimum absolute atomic E-state index is 0.0194. The number of esters is 1. The van der Waals surface area contributed by atoms with Gasteiger partial charge in [-0.25, -0.2) is 9.59 Å². The SMILES string of the molecule is CCCCOC(=O)C1(NC(=O)Cc2cccs2)C(=O)N2C(C(=O)O)=C(CSC(C)=O)CS[C@@H]21. The third kappa shape index (κ3) is 5.12. The van der Waals surface area contributed by atoms with Crippen molar-refractivity contribution in [3.8, 4) is 0 Å². The van der Waals surface area contributed by atoms with Crippen molar-refractivity contribution in [2.24, 2.45) is 0 Å². The van der Waals surface area contributed by atoms with Crippen molar-refractivity contribution >= 4 is 63.7 Å². The normalized spacial score (nSPS) is 21.8. The van der Waals surface area contributed by atoms with Gasteiger partial charge in [-0.2, -0.15) is 0 Å². The van der Waals surface area contributed by atoms with Crippen LogP contribution in [-0.4, -0.2) is 67.9 Å². The molecule has 0 radical (unpaired) electrons.